The van der Waals surface area contributed by atoms with Crippen LogP contribution in [0.3, 0.4) is 0 Å². The lowest BCUT2D eigenvalue weighted by atomic mass is 10.3. The van der Waals surface area contributed by atoms with E-state index in [2.05, 4.69) is 9.84 Å². The van der Waals surface area contributed by atoms with Gasteiger partial charge >= 0.3 is 6.18 Å². The Bertz CT molecular complexity index is 370. The third-order valence-electron chi connectivity index (χ3n) is 1.81. The zero-order valence-electron chi connectivity index (χ0n) is 8.22. The molecular formula is C8H10F3N3O. The van der Waals surface area contributed by atoms with Crippen LogP contribution in [0.1, 0.15) is 18.3 Å². The van der Waals surface area contributed by atoms with Crippen molar-refractivity contribution in [2.75, 3.05) is 7.11 Å². The highest BCUT2D eigenvalue weighted by molar-refractivity contribution is 5.89. The standard InChI is InChI=1S/C8H10F3N3O/c1-3-14-5(7(12)15-2)4-6(13-14)8(9,10)11/h4,12H,3H2,1-2H3. The molecule has 0 saturated heterocycles. The first kappa shape index (κ1) is 11.5. The van der Waals surface area contributed by atoms with Gasteiger partial charge in [0.25, 0.3) is 0 Å². The van der Waals surface area contributed by atoms with Gasteiger partial charge in [0.15, 0.2) is 5.69 Å². The Morgan fingerprint density at radius 1 is 1.60 bits per heavy atom. The minimum absolute atomic E-state index is 0.0207. The lowest BCUT2D eigenvalue weighted by molar-refractivity contribution is -0.141. The second kappa shape index (κ2) is 3.92. The summed E-state index contributed by atoms with van der Waals surface area (Å²) < 4.78 is 42.5. The molecule has 0 aliphatic heterocycles. The van der Waals surface area contributed by atoms with Crippen LogP contribution in [0.4, 0.5) is 13.2 Å². The molecule has 15 heavy (non-hydrogen) atoms. The molecule has 0 aliphatic carbocycles. The first-order chi connectivity index (χ1) is 6.90. The smallest absolute Gasteiger partial charge is 0.435 e. The van der Waals surface area contributed by atoms with E-state index in [1.165, 1.54) is 7.11 Å². The average Bonchev–Trinajstić information content (AvgIpc) is 2.59. The Labute approximate surface area is 84.2 Å². The maximum Gasteiger partial charge on any atom is 0.435 e. The Hall–Kier alpha value is -1.53. The van der Waals surface area contributed by atoms with E-state index in [0.29, 0.717) is 0 Å². The highest BCUT2D eigenvalue weighted by Gasteiger charge is 2.35. The summed E-state index contributed by atoms with van der Waals surface area (Å²) >= 11 is 0. The van der Waals surface area contributed by atoms with Crippen molar-refractivity contribution in [3.05, 3.63) is 17.5 Å². The Kier molecular flexibility index (Phi) is 3.01. The second-order valence-corrected chi connectivity index (χ2v) is 2.76. The van der Waals surface area contributed by atoms with Crippen LogP contribution in [0.2, 0.25) is 0 Å². The SMILES string of the molecule is CCn1nc(C(F)(F)F)cc1C(=N)OC. The number of ether oxygens (including phenoxy) is 1. The molecule has 4 nitrogen and oxygen atoms in total. The number of aromatic nitrogens is 2. The first-order valence-electron chi connectivity index (χ1n) is 4.18. The van der Waals surface area contributed by atoms with Crippen molar-refractivity contribution in [1.29, 1.82) is 5.41 Å². The normalized spacial score (nSPS) is 11.5. The molecule has 1 heterocycles. The monoisotopic (exact) mass is 221 g/mol. The highest BCUT2D eigenvalue weighted by Crippen LogP contribution is 2.28. The van der Waals surface area contributed by atoms with Crippen molar-refractivity contribution in [1.82, 2.24) is 9.78 Å². The number of nitrogens with zero attached hydrogens (tertiary/aromatic N) is 2. The molecule has 0 amide bonds. The molecular weight excluding hydrogens is 211 g/mol. The van der Waals surface area contributed by atoms with E-state index in [1.54, 1.807) is 6.92 Å². The maximum absolute atomic E-state index is 12.3. The van der Waals surface area contributed by atoms with E-state index >= 15 is 0 Å². The van der Waals surface area contributed by atoms with Crippen LogP contribution in [-0.2, 0) is 17.5 Å². The number of halogens is 3. The van der Waals surface area contributed by atoms with Gasteiger partial charge in [0.2, 0.25) is 5.90 Å². The fourth-order valence-electron chi connectivity index (χ4n) is 1.08. The molecule has 0 spiro atoms. The number of aryl methyl sites for hydroxylation is 1. The van der Waals surface area contributed by atoms with Crippen LogP contribution in [0.15, 0.2) is 6.07 Å². The Morgan fingerprint density at radius 2 is 2.20 bits per heavy atom. The van der Waals surface area contributed by atoms with Crippen molar-refractivity contribution in [2.45, 2.75) is 19.6 Å². The van der Waals surface area contributed by atoms with E-state index in [1.807, 2.05) is 0 Å². The quantitative estimate of drug-likeness (QED) is 0.612. The van der Waals surface area contributed by atoms with E-state index in [-0.39, 0.29) is 18.1 Å². The molecule has 0 aliphatic rings. The fraction of sp³-hybridized carbons (Fsp3) is 0.500. The minimum atomic E-state index is -4.50. The van der Waals surface area contributed by atoms with Crippen molar-refractivity contribution < 1.29 is 17.9 Å². The topological polar surface area (TPSA) is 50.9 Å². The molecule has 84 valence electrons. The van der Waals surface area contributed by atoms with Crippen LogP contribution < -0.4 is 0 Å². The summed E-state index contributed by atoms with van der Waals surface area (Å²) in [5.74, 6) is -0.333. The van der Waals surface area contributed by atoms with Crippen molar-refractivity contribution >= 4 is 5.90 Å². The van der Waals surface area contributed by atoms with Gasteiger partial charge in [0.05, 0.1) is 7.11 Å². The van der Waals surface area contributed by atoms with E-state index in [0.717, 1.165) is 10.7 Å². The van der Waals surface area contributed by atoms with Crippen LogP contribution in [0.5, 0.6) is 0 Å². The molecule has 7 heteroatoms. The molecule has 1 aromatic rings. The van der Waals surface area contributed by atoms with E-state index in [4.69, 9.17) is 5.41 Å². The molecule has 0 bridgehead atoms. The van der Waals surface area contributed by atoms with Crippen molar-refractivity contribution in [3.63, 3.8) is 0 Å². The van der Waals surface area contributed by atoms with Gasteiger partial charge in [0.1, 0.15) is 5.69 Å². The average molecular weight is 221 g/mol. The largest absolute Gasteiger partial charge is 0.480 e. The summed E-state index contributed by atoms with van der Waals surface area (Å²) in [7, 11) is 1.22. The molecule has 0 unspecified atom stereocenters. The summed E-state index contributed by atoms with van der Waals surface area (Å²) in [5.41, 5.74) is -0.992. The van der Waals surface area contributed by atoms with Gasteiger partial charge in [-0.1, -0.05) is 0 Å². The maximum atomic E-state index is 12.3. The van der Waals surface area contributed by atoms with Gasteiger partial charge in [-0.25, -0.2) is 0 Å². The predicted molar refractivity (Wildman–Crippen MR) is 46.7 cm³/mol. The van der Waals surface area contributed by atoms with Gasteiger partial charge in [-0.15, -0.1) is 0 Å². The van der Waals surface area contributed by atoms with Gasteiger partial charge in [-0.2, -0.15) is 18.3 Å². The number of hydrogen-bond donors (Lipinski definition) is 1. The Morgan fingerprint density at radius 3 is 2.60 bits per heavy atom. The predicted octanol–water partition coefficient (Wildman–Crippen LogP) is 1.89. The van der Waals surface area contributed by atoms with Gasteiger partial charge < -0.3 is 4.74 Å². The molecule has 1 N–H and O–H groups in total. The van der Waals surface area contributed by atoms with Crippen molar-refractivity contribution in [3.8, 4) is 0 Å². The summed E-state index contributed by atoms with van der Waals surface area (Å²) in [6.45, 7) is 1.89. The van der Waals surface area contributed by atoms with Gasteiger partial charge in [0, 0.05) is 12.6 Å². The number of methoxy groups -OCH3 is 1. The summed E-state index contributed by atoms with van der Waals surface area (Å²) in [6, 6.07) is 0.801. The first-order valence-corrected chi connectivity index (χ1v) is 4.18. The van der Waals surface area contributed by atoms with Gasteiger partial charge in [-0.05, 0) is 6.92 Å². The number of nitrogens with one attached hydrogen (secondary N) is 1. The van der Waals surface area contributed by atoms with E-state index < -0.39 is 11.9 Å². The summed E-state index contributed by atoms with van der Waals surface area (Å²) in [5, 5.41) is 10.6. The second-order valence-electron chi connectivity index (χ2n) is 2.76. The number of rotatable bonds is 2. The number of alkyl halides is 3. The zero-order valence-corrected chi connectivity index (χ0v) is 8.22. The van der Waals surface area contributed by atoms with Crippen LogP contribution in [0.25, 0.3) is 0 Å². The lowest BCUT2D eigenvalue weighted by Crippen LogP contribution is -2.11. The third kappa shape index (κ3) is 2.28. The third-order valence-corrected chi connectivity index (χ3v) is 1.81. The van der Waals surface area contributed by atoms with E-state index in [9.17, 15) is 13.2 Å². The van der Waals surface area contributed by atoms with Crippen LogP contribution in [0, 0.1) is 5.41 Å². The molecule has 0 aromatic carbocycles. The van der Waals surface area contributed by atoms with Crippen LogP contribution in [-0.4, -0.2) is 22.8 Å². The fourth-order valence-corrected chi connectivity index (χ4v) is 1.08. The molecule has 1 rings (SSSR count). The highest BCUT2D eigenvalue weighted by atomic mass is 19.4. The zero-order chi connectivity index (χ0) is 11.6. The minimum Gasteiger partial charge on any atom is -0.480 e. The molecule has 0 fully saturated rings. The van der Waals surface area contributed by atoms with Crippen LogP contribution >= 0.6 is 0 Å². The van der Waals surface area contributed by atoms with Crippen molar-refractivity contribution in [2.24, 2.45) is 0 Å². The summed E-state index contributed by atoms with van der Waals surface area (Å²) in [6.07, 6.45) is -4.50. The molecule has 0 radical (unpaired) electrons. The molecule has 0 atom stereocenters. The van der Waals surface area contributed by atoms with Gasteiger partial charge in [-0.3, -0.25) is 10.1 Å². The Balaban J connectivity index is 3.17. The molecule has 1 aromatic heterocycles. The number of hydrogen-bond acceptors (Lipinski definition) is 3. The summed E-state index contributed by atoms with van der Waals surface area (Å²) in [4.78, 5) is 0. The lowest BCUT2D eigenvalue weighted by Gasteiger charge is -2.03. The molecule has 0 saturated carbocycles.